The molecule has 0 atom stereocenters. The SMILES string of the molecule is CC1(C)c2cc(-c3ccccc3)cc3c2-c2c1cc(-c1ccccc1)cc2C3(c1ccc(-c2cc3ccc4cccc5ccc(c2)c3c45)cc1)c1ccc(N(c2ccccc2)c2ccccc2)cc1. The highest BCUT2D eigenvalue weighted by atomic mass is 15.1. The molecular formula is C68H47N. The monoisotopic (exact) mass is 877 g/mol. The van der Waals surface area contributed by atoms with Crippen LogP contribution in [-0.4, -0.2) is 0 Å². The number of hydrogen-bond donors (Lipinski definition) is 0. The molecule has 1 nitrogen and oxygen atoms in total. The van der Waals surface area contributed by atoms with E-state index in [1.807, 2.05) is 0 Å². The second kappa shape index (κ2) is 15.0. The molecule has 2 aliphatic rings. The van der Waals surface area contributed by atoms with Gasteiger partial charge in [0.1, 0.15) is 0 Å². The molecule has 12 aromatic carbocycles. The number of para-hydroxylation sites is 2. The topological polar surface area (TPSA) is 3.24 Å². The van der Waals surface area contributed by atoms with E-state index in [1.54, 1.807) is 0 Å². The molecule has 0 radical (unpaired) electrons. The van der Waals surface area contributed by atoms with Crippen LogP contribution in [0.15, 0.2) is 249 Å². The predicted octanol–water partition coefficient (Wildman–Crippen LogP) is 18.1. The summed E-state index contributed by atoms with van der Waals surface area (Å²) in [5.74, 6) is 0. The van der Waals surface area contributed by atoms with Crippen molar-refractivity contribution >= 4 is 49.4 Å². The van der Waals surface area contributed by atoms with Crippen molar-refractivity contribution in [3.63, 3.8) is 0 Å². The van der Waals surface area contributed by atoms with Crippen molar-refractivity contribution in [3.8, 4) is 44.5 Å². The fourth-order valence-corrected chi connectivity index (χ4v) is 12.4. The maximum absolute atomic E-state index is 2.53. The first-order chi connectivity index (χ1) is 33.9. The third-order valence-corrected chi connectivity index (χ3v) is 15.6. The van der Waals surface area contributed by atoms with Crippen LogP contribution in [0.5, 0.6) is 0 Å². The number of nitrogens with zero attached hydrogens (tertiary/aromatic N) is 1. The molecule has 1 heteroatoms. The Hall–Kier alpha value is -8.52. The van der Waals surface area contributed by atoms with Gasteiger partial charge in [0, 0.05) is 22.5 Å². The van der Waals surface area contributed by atoms with E-state index in [0.29, 0.717) is 0 Å². The zero-order valence-corrected chi connectivity index (χ0v) is 38.6. The fourth-order valence-electron chi connectivity index (χ4n) is 12.4. The summed E-state index contributed by atoms with van der Waals surface area (Å²) in [5, 5.41) is 7.83. The summed E-state index contributed by atoms with van der Waals surface area (Å²) >= 11 is 0. The van der Waals surface area contributed by atoms with E-state index in [1.165, 1.54) is 110 Å². The molecule has 0 aromatic heterocycles. The van der Waals surface area contributed by atoms with Crippen molar-refractivity contribution in [2.45, 2.75) is 24.7 Å². The van der Waals surface area contributed by atoms with Crippen LogP contribution < -0.4 is 4.90 Å². The quantitative estimate of drug-likeness (QED) is 0.138. The minimum atomic E-state index is -0.644. The summed E-state index contributed by atoms with van der Waals surface area (Å²) in [6.45, 7) is 4.87. The van der Waals surface area contributed by atoms with E-state index < -0.39 is 5.41 Å². The van der Waals surface area contributed by atoms with Gasteiger partial charge in [0.05, 0.1) is 5.41 Å². The lowest BCUT2D eigenvalue weighted by Gasteiger charge is -2.37. The van der Waals surface area contributed by atoms with Crippen LogP contribution in [0.3, 0.4) is 0 Å². The Morgan fingerprint density at radius 2 is 0.638 bits per heavy atom. The second-order valence-corrected chi connectivity index (χ2v) is 19.6. The molecule has 2 aliphatic carbocycles. The van der Waals surface area contributed by atoms with Crippen LogP contribution >= 0.6 is 0 Å². The summed E-state index contributed by atoms with van der Waals surface area (Å²) in [6.07, 6.45) is 0. The molecule has 0 saturated carbocycles. The summed E-state index contributed by atoms with van der Waals surface area (Å²) in [4.78, 5) is 2.36. The van der Waals surface area contributed by atoms with Gasteiger partial charge in [0.25, 0.3) is 0 Å². The minimum absolute atomic E-state index is 0.216. The highest BCUT2D eigenvalue weighted by Crippen LogP contribution is 2.65. The summed E-state index contributed by atoms with van der Waals surface area (Å²) in [6, 6.07) is 93.1. The Morgan fingerprint density at radius 1 is 0.275 bits per heavy atom. The zero-order chi connectivity index (χ0) is 45.8. The van der Waals surface area contributed by atoms with Crippen LogP contribution in [0.25, 0.3) is 76.8 Å². The van der Waals surface area contributed by atoms with Crippen LogP contribution in [0, 0.1) is 0 Å². The molecule has 0 aliphatic heterocycles. The van der Waals surface area contributed by atoms with Crippen LogP contribution in [0.4, 0.5) is 17.1 Å². The van der Waals surface area contributed by atoms with Crippen molar-refractivity contribution in [2.24, 2.45) is 0 Å². The van der Waals surface area contributed by atoms with Gasteiger partial charge in [-0.05, 0) is 183 Å². The second-order valence-electron chi connectivity index (χ2n) is 19.6. The Kier molecular flexibility index (Phi) is 8.61. The normalized spacial score (nSPS) is 13.9. The Bertz CT molecular complexity index is 3730. The van der Waals surface area contributed by atoms with Gasteiger partial charge in [-0.25, -0.2) is 0 Å². The van der Waals surface area contributed by atoms with Gasteiger partial charge in [-0.1, -0.05) is 190 Å². The lowest BCUT2D eigenvalue weighted by atomic mass is 9.64. The van der Waals surface area contributed by atoms with E-state index in [4.69, 9.17) is 0 Å². The average Bonchev–Trinajstić information content (AvgIpc) is 3.84. The maximum Gasteiger partial charge on any atom is 0.0714 e. The van der Waals surface area contributed by atoms with Crippen LogP contribution in [0.1, 0.15) is 47.2 Å². The smallest absolute Gasteiger partial charge is 0.0714 e. The molecule has 0 saturated heterocycles. The van der Waals surface area contributed by atoms with Crippen molar-refractivity contribution in [3.05, 3.63) is 282 Å². The van der Waals surface area contributed by atoms with Gasteiger partial charge in [-0.3, -0.25) is 0 Å². The van der Waals surface area contributed by atoms with Crippen LogP contribution in [0.2, 0.25) is 0 Å². The van der Waals surface area contributed by atoms with Crippen LogP contribution in [-0.2, 0) is 10.8 Å². The molecule has 0 bridgehead atoms. The van der Waals surface area contributed by atoms with Gasteiger partial charge in [0.15, 0.2) is 0 Å². The third kappa shape index (κ3) is 5.84. The third-order valence-electron chi connectivity index (χ3n) is 15.6. The molecular weight excluding hydrogens is 831 g/mol. The first-order valence-corrected chi connectivity index (χ1v) is 24.2. The van der Waals surface area contributed by atoms with Gasteiger partial charge >= 0.3 is 0 Å². The molecule has 0 amide bonds. The average molecular weight is 878 g/mol. The molecule has 0 fully saturated rings. The lowest BCUT2D eigenvalue weighted by molar-refractivity contribution is 0.652. The molecule has 0 unspecified atom stereocenters. The fraction of sp³-hybridized carbons (Fsp3) is 0.0588. The van der Waals surface area contributed by atoms with Crippen molar-refractivity contribution in [1.82, 2.24) is 0 Å². The van der Waals surface area contributed by atoms with Gasteiger partial charge in [-0.15, -0.1) is 0 Å². The van der Waals surface area contributed by atoms with Gasteiger partial charge in [0.2, 0.25) is 0 Å². The molecule has 0 spiro atoms. The highest BCUT2D eigenvalue weighted by Gasteiger charge is 2.53. The Morgan fingerprint density at radius 3 is 1.12 bits per heavy atom. The molecule has 0 N–H and O–H groups in total. The van der Waals surface area contributed by atoms with E-state index in [9.17, 15) is 0 Å². The molecule has 14 rings (SSSR count). The Labute approximate surface area is 403 Å². The number of rotatable bonds is 8. The molecule has 0 heterocycles. The molecule has 69 heavy (non-hydrogen) atoms. The minimum Gasteiger partial charge on any atom is -0.311 e. The lowest BCUT2D eigenvalue weighted by Crippen LogP contribution is -2.30. The molecule has 324 valence electrons. The number of anilines is 3. The largest absolute Gasteiger partial charge is 0.311 e. The first-order valence-electron chi connectivity index (χ1n) is 24.2. The summed E-state index contributed by atoms with van der Waals surface area (Å²) < 4.78 is 0. The van der Waals surface area contributed by atoms with Crippen molar-refractivity contribution < 1.29 is 0 Å². The van der Waals surface area contributed by atoms with Gasteiger partial charge < -0.3 is 4.90 Å². The van der Waals surface area contributed by atoms with E-state index >= 15 is 0 Å². The zero-order valence-electron chi connectivity index (χ0n) is 38.6. The predicted molar refractivity (Wildman–Crippen MR) is 291 cm³/mol. The number of hydrogen-bond acceptors (Lipinski definition) is 1. The standard InChI is InChI=1S/C68H47N/c1-67(2)59-40-52(44-16-7-3-8-17-44)42-61-65(59)66-60(67)41-53(45-18-9-4-10-19-45)43-62(66)68(61,55-34-36-58(37-35-55)69(56-22-11-5-12-23-56)57-24-13-6-14-25-57)54-32-30-46(31-33-54)51-38-49-28-26-47-20-15-21-48-27-29-50(39-51)64(49)63(47)48/h3-43H,1-2H3. The summed E-state index contributed by atoms with van der Waals surface area (Å²) in [7, 11) is 0. The van der Waals surface area contributed by atoms with Crippen molar-refractivity contribution in [2.75, 3.05) is 4.90 Å². The van der Waals surface area contributed by atoms with E-state index in [2.05, 4.69) is 267 Å². The van der Waals surface area contributed by atoms with E-state index in [-0.39, 0.29) is 5.41 Å². The first kappa shape index (κ1) is 39.6. The highest BCUT2D eigenvalue weighted by molar-refractivity contribution is 6.23. The maximum atomic E-state index is 2.53. The number of benzene rings is 12. The Balaban J connectivity index is 1.03. The van der Waals surface area contributed by atoms with Gasteiger partial charge in [-0.2, -0.15) is 0 Å². The summed E-state index contributed by atoms with van der Waals surface area (Å²) in [5.41, 5.74) is 20.6. The molecule has 12 aromatic rings. The van der Waals surface area contributed by atoms with Crippen molar-refractivity contribution in [1.29, 1.82) is 0 Å². The van der Waals surface area contributed by atoms with E-state index in [0.717, 1.165) is 17.1 Å².